The molecule has 0 bridgehead atoms. The smallest absolute Gasteiger partial charge is 0.339 e. The van der Waals surface area contributed by atoms with Gasteiger partial charge in [-0.1, -0.05) is 0 Å². The lowest BCUT2D eigenvalue weighted by atomic mass is 9.89. The number of hydrogen-bond donors (Lipinski definition) is 0. The molecule has 1 unspecified atom stereocenters. The van der Waals surface area contributed by atoms with E-state index in [1.165, 1.54) is 25.7 Å². The second kappa shape index (κ2) is 3.61. The molecule has 0 spiro atoms. The van der Waals surface area contributed by atoms with Crippen LogP contribution in [0.4, 0.5) is 0 Å². The summed E-state index contributed by atoms with van der Waals surface area (Å²) in [6.07, 6.45) is 5.86. The van der Waals surface area contributed by atoms with Crippen molar-refractivity contribution in [2.45, 2.75) is 0 Å². The Morgan fingerprint density at radius 2 is 2.33 bits per heavy atom. The zero-order valence-corrected chi connectivity index (χ0v) is 8.01. The van der Waals surface area contributed by atoms with Crippen LogP contribution in [0.1, 0.15) is 0 Å². The van der Waals surface area contributed by atoms with Crippen LogP contribution in [0, 0.1) is 5.92 Å². The Hall–Kier alpha value is -2.04. The van der Waals surface area contributed by atoms with Crippen LogP contribution in [-0.2, 0) is 14.3 Å². The summed E-state index contributed by atoms with van der Waals surface area (Å²) in [5.41, 5.74) is 0.904. The number of methoxy groups -OCH3 is 1. The maximum atomic E-state index is 11.4. The first-order valence-electron chi connectivity index (χ1n) is 4.34. The summed E-state index contributed by atoms with van der Waals surface area (Å²) in [6, 6.07) is 0. The highest BCUT2D eigenvalue weighted by Gasteiger charge is 2.30. The van der Waals surface area contributed by atoms with E-state index in [2.05, 4.69) is 14.7 Å². The molecule has 5 nitrogen and oxygen atoms in total. The van der Waals surface area contributed by atoms with Gasteiger partial charge in [-0.15, -0.1) is 0 Å². The molecule has 0 saturated heterocycles. The molecule has 2 aliphatic heterocycles. The van der Waals surface area contributed by atoms with E-state index in [4.69, 9.17) is 0 Å². The van der Waals surface area contributed by atoms with Crippen molar-refractivity contribution in [2.75, 3.05) is 7.11 Å². The predicted molar refractivity (Wildman–Crippen MR) is 53.7 cm³/mol. The molecule has 0 N–H and O–H groups in total. The average Bonchev–Trinajstić information content (AvgIpc) is 2.28. The first-order chi connectivity index (χ1) is 7.24. The fourth-order valence-corrected chi connectivity index (χ4v) is 1.47. The van der Waals surface area contributed by atoms with Crippen molar-refractivity contribution in [3.8, 4) is 0 Å². The molecule has 0 fully saturated rings. The zero-order valence-electron chi connectivity index (χ0n) is 8.01. The lowest BCUT2D eigenvalue weighted by Gasteiger charge is -2.19. The summed E-state index contributed by atoms with van der Waals surface area (Å²) in [5.74, 6) is -1.36. The molecule has 1 amide bonds. The Morgan fingerprint density at radius 1 is 1.53 bits per heavy atom. The van der Waals surface area contributed by atoms with Gasteiger partial charge in [0.25, 0.3) is 5.91 Å². The van der Waals surface area contributed by atoms with Crippen molar-refractivity contribution in [2.24, 2.45) is 15.9 Å². The Morgan fingerprint density at radius 3 is 3.07 bits per heavy atom. The lowest BCUT2D eigenvalue weighted by molar-refractivity contribution is -0.135. The van der Waals surface area contributed by atoms with Crippen LogP contribution in [0.15, 0.2) is 33.4 Å². The maximum Gasteiger partial charge on any atom is 0.339 e. The van der Waals surface area contributed by atoms with E-state index in [9.17, 15) is 9.59 Å². The third-order valence-electron chi connectivity index (χ3n) is 2.21. The minimum absolute atomic E-state index is 0.310. The van der Waals surface area contributed by atoms with Crippen molar-refractivity contribution in [3.63, 3.8) is 0 Å². The van der Waals surface area contributed by atoms with E-state index in [0.717, 1.165) is 0 Å². The van der Waals surface area contributed by atoms with Gasteiger partial charge in [0, 0.05) is 18.6 Å². The van der Waals surface area contributed by atoms with Crippen LogP contribution in [0.3, 0.4) is 0 Å². The molecule has 15 heavy (non-hydrogen) atoms. The van der Waals surface area contributed by atoms with Gasteiger partial charge in [0.05, 0.1) is 12.7 Å². The van der Waals surface area contributed by atoms with Gasteiger partial charge in [-0.3, -0.25) is 9.79 Å². The summed E-state index contributed by atoms with van der Waals surface area (Å²) in [6.45, 7) is 0. The molecule has 0 saturated carbocycles. The molecule has 0 radical (unpaired) electrons. The number of aliphatic imine (C=N–C) groups is 2. The van der Waals surface area contributed by atoms with E-state index < -0.39 is 11.9 Å². The van der Waals surface area contributed by atoms with Gasteiger partial charge < -0.3 is 4.74 Å². The lowest BCUT2D eigenvalue weighted by Crippen LogP contribution is -2.25. The number of rotatable bonds is 1. The summed E-state index contributed by atoms with van der Waals surface area (Å²) >= 11 is 0. The van der Waals surface area contributed by atoms with Gasteiger partial charge in [0.2, 0.25) is 0 Å². The van der Waals surface area contributed by atoms with Crippen LogP contribution in [0.25, 0.3) is 0 Å². The quantitative estimate of drug-likeness (QED) is 0.576. The topological polar surface area (TPSA) is 68.1 Å². The molecule has 2 aliphatic rings. The number of hydrogen-bond acceptors (Lipinski definition) is 4. The van der Waals surface area contributed by atoms with Gasteiger partial charge in [0.1, 0.15) is 5.92 Å². The molecule has 2 rings (SSSR count). The molecule has 5 heteroatoms. The van der Waals surface area contributed by atoms with E-state index in [1.807, 2.05) is 0 Å². The first kappa shape index (κ1) is 9.51. The Bertz CT molecular complexity index is 444. The van der Waals surface area contributed by atoms with E-state index in [1.54, 1.807) is 6.08 Å². The summed E-state index contributed by atoms with van der Waals surface area (Å²) in [5, 5.41) is 0. The molecule has 2 heterocycles. The second-order valence-electron chi connectivity index (χ2n) is 3.05. The van der Waals surface area contributed by atoms with Gasteiger partial charge in [-0.05, 0) is 11.6 Å². The summed E-state index contributed by atoms with van der Waals surface area (Å²) < 4.78 is 4.60. The number of carbonyl (C=O) groups is 2. The van der Waals surface area contributed by atoms with Gasteiger partial charge in [-0.2, -0.15) is 0 Å². The largest absolute Gasteiger partial charge is 0.465 e. The standard InChI is InChI=1S/C10H8N2O3/c1-15-10(14)8-5-11-4-7-6(8)2-3-12-9(7)13/h2-5,7H,1H3. The van der Waals surface area contributed by atoms with Crippen LogP contribution < -0.4 is 0 Å². The first-order valence-corrected chi connectivity index (χ1v) is 4.34. The Balaban J connectivity index is 2.42. The predicted octanol–water partition coefficient (Wildman–Crippen LogP) is 0.281. The number of dihydropyridines is 1. The van der Waals surface area contributed by atoms with Crippen LogP contribution >= 0.6 is 0 Å². The SMILES string of the molecule is COC(=O)C1=CN=CC2C(=O)N=CC=C12. The molecule has 0 aliphatic carbocycles. The van der Waals surface area contributed by atoms with Crippen molar-refractivity contribution >= 4 is 24.3 Å². The minimum Gasteiger partial charge on any atom is -0.465 e. The van der Waals surface area contributed by atoms with Crippen LogP contribution in [0.5, 0.6) is 0 Å². The third kappa shape index (κ3) is 1.52. The van der Waals surface area contributed by atoms with Gasteiger partial charge in [-0.25, -0.2) is 9.79 Å². The van der Waals surface area contributed by atoms with E-state index in [-0.39, 0.29) is 5.91 Å². The fourth-order valence-electron chi connectivity index (χ4n) is 1.47. The normalized spacial score (nSPS) is 23.0. The third-order valence-corrected chi connectivity index (χ3v) is 2.21. The van der Waals surface area contributed by atoms with Crippen LogP contribution in [-0.4, -0.2) is 31.4 Å². The molecule has 0 aromatic carbocycles. The number of amides is 1. The van der Waals surface area contributed by atoms with Crippen molar-refractivity contribution in [1.82, 2.24) is 0 Å². The maximum absolute atomic E-state index is 11.4. The van der Waals surface area contributed by atoms with Crippen LogP contribution in [0.2, 0.25) is 0 Å². The monoisotopic (exact) mass is 204 g/mol. The zero-order chi connectivity index (χ0) is 10.8. The molecule has 1 atom stereocenters. The number of esters is 1. The highest BCUT2D eigenvalue weighted by Crippen LogP contribution is 2.26. The highest BCUT2D eigenvalue weighted by molar-refractivity contribution is 6.10. The van der Waals surface area contributed by atoms with Crippen molar-refractivity contribution in [1.29, 1.82) is 0 Å². The van der Waals surface area contributed by atoms with E-state index in [0.29, 0.717) is 11.1 Å². The number of carbonyl (C=O) groups excluding carboxylic acids is 2. The molecular weight excluding hydrogens is 196 g/mol. The summed E-state index contributed by atoms with van der Waals surface area (Å²) in [4.78, 5) is 30.2. The Kier molecular flexibility index (Phi) is 2.29. The molecule has 0 aromatic rings. The minimum atomic E-state index is -0.547. The van der Waals surface area contributed by atoms with Crippen molar-refractivity contribution in [3.05, 3.63) is 23.4 Å². The molecule has 76 valence electrons. The Labute approximate surface area is 85.9 Å². The number of ether oxygens (including phenoxy) is 1. The van der Waals surface area contributed by atoms with Gasteiger partial charge in [0.15, 0.2) is 0 Å². The van der Waals surface area contributed by atoms with E-state index >= 15 is 0 Å². The number of allylic oxidation sites excluding steroid dienone is 1. The highest BCUT2D eigenvalue weighted by atomic mass is 16.5. The van der Waals surface area contributed by atoms with Gasteiger partial charge >= 0.3 is 5.97 Å². The molecule has 0 aromatic heterocycles. The molecular formula is C10H8N2O3. The fraction of sp³-hybridized carbons (Fsp3) is 0.200. The van der Waals surface area contributed by atoms with Crippen molar-refractivity contribution < 1.29 is 14.3 Å². The number of nitrogens with zero attached hydrogens (tertiary/aromatic N) is 2. The second-order valence-corrected chi connectivity index (χ2v) is 3.05. The summed E-state index contributed by atoms with van der Waals surface area (Å²) in [7, 11) is 1.29. The number of fused-ring (bicyclic) bond motifs is 1. The average molecular weight is 204 g/mol.